The molecule has 0 bridgehead atoms. The van der Waals surface area contributed by atoms with Crippen molar-refractivity contribution in [2.75, 3.05) is 19.7 Å². The van der Waals surface area contributed by atoms with E-state index in [0.717, 1.165) is 24.4 Å². The number of hydrogen-bond acceptors (Lipinski definition) is 7. The van der Waals surface area contributed by atoms with Crippen molar-refractivity contribution in [1.29, 1.82) is 0 Å². The van der Waals surface area contributed by atoms with Gasteiger partial charge in [0.05, 0.1) is 23.0 Å². The first-order valence-corrected chi connectivity index (χ1v) is 10.1. The number of benzene rings is 2. The lowest BCUT2D eigenvalue weighted by Gasteiger charge is -2.31. The van der Waals surface area contributed by atoms with E-state index in [0.29, 0.717) is 24.6 Å². The van der Waals surface area contributed by atoms with Gasteiger partial charge in [-0.05, 0) is 38.0 Å². The number of nitrogens with zero attached hydrogens (tertiary/aromatic N) is 3. The lowest BCUT2D eigenvalue weighted by Crippen LogP contribution is -2.39. The third-order valence-electron chi connectivity index (χ3n) is 5.25. The van der Waals surface area contributed by atoms with E-state index in [1.54, 1.807) is 11.8 Å². The third-order valence-corrected chi connectivity index (χ3v) is 5.25. The van der Waals surface area contributed by atoms with Crippen LogP contribution in [-0.4, -0.2) is 46.4 Å². The number of nitro benzene ring substituents is 1. The number of non-ortho nitro benzene ring substituents is 1. The Kier molecular flexibility index (Phi) is 5.66. The zero-order valence-electron chi connectivity index (χ0n) is 16.9. The number of aromatic nitrogens is 1. The molecule has 1 fully saturated rings. The molecule has 1 unspecified atom stereocenters. The fraction of sp³-hybridized carbons (Fsp3) is 0.318. The normalized spacial score (nSPS) is 16.3. The Balaban J connectivity index is 1.59. The third kappa shape index (κ3) is 4.25. The molecule has 9 heteroatoms. The van der Waals surface area contributed by atoms with E-state index < -0.39 is 10.9 Å². The molecule has 1 amide bonds. The minimum Gasteiger partial charge on any atom is -0.462 e. The molecular weight excluding hydrogens is 402 g/mol. The Morgan fingerprint density at radius 3 is 2.77 bits per heavy atom. The smallest absolute Gasteiger partial charge is 0.338 e. The number of hydrogen-bond donors (Lipinski definition) is 0. The Bertz CT molecular complexity index is 1120. The number of likely N-dealkylation sites (tertiary alicyclic amines) is 1. The Morgan fingerprint density at radius 1 is 1.26 bits per heavy atom. The molecule has 160 valence electrons. The van der Waals surface area contributed by atoms with Crippen LogP contribution < -0.4 is 0 Å². The minimum absolute atomic E-state index is 0.0214. The van der Waals surface area contributed by atoms with E-state index in [2.05, 4.69) is 4.98 Å². The van der Waals surface area contributed by atoms with Gasteiger partial charge < -0.3 is 14.1 Å². The molecule has 9 nitrogen and oxygen atoms in total. The topological polar surface area (TPSA) is 116 Å². The summed E-state index contributed by atoms with van der Waals surface area (Å²) in [7, 11) is 0. The van der Waals surface area contributed by atoms with E-state index in [4.69, 9.17) is 9.15 Å². The summed E-state index contributed by atoms with van der Waals surface area (Å²) < 4.78 is 10.8. The molecule has 1 saturated heterocycles. The molecule has 4 rings (SSSR count). The van der Waals surface area contributed by atoms with Crippen LogP contribution in [0.15, 0.2) is 46.9 Å². The lowest BCUT2D eigenvalue weighted by atomic mass is 9.97. The van der Waals surface area contributed by atoms with Crippen LogP contribution in [0.1, 0.15) is 52.3 Å². The molecule has 2 heterocycles. The van der Waals surface area contributed by atoms with Crippen molar-refractivity contribution in [1.82, 2.24) is 9.88 Å². The lowest BCUT2D eigenvalue weighted by molar-refractivity contribution is -0.384. The highest BCUT2D eigenvalue weighted by molar-refractivity contribution is 5.99. The molecule has 0 radical (unpaired) electrons. The molecule has 31 heavy (non-hydrogen) atoms. The molecule has 0 aliphatic carbocycles. The molecule has 1 aromatic heterocycles. The number of amides is 1. The number of esters is 1. The Hall–Kier alpha value is -3.75. The number of para-hydroxylation sites is 2. The number of nitro groups is 1. The zero-order valence-corrected chi connectivity index (χ0v) is 16.9. The van der Waals surface area contributed by atoms with E-state index in [9.17, 15) is 19.7 Å². The summed E-state index contributed by atoms with van der Waals surface area (Å²) in [5, 5.41) is 11.3. The molecular formula is C22H21N3O6. The van der Waals surface area contributed by atoms with Gasteiger partial charge in [0, 0.05) is 30.8 Å². The van der Waals surface area contributed by atoms with Crippen LogP contribution in [0.4, 0.5) is 5.69 Å². The fourth-order valence-electron chi connectivity index (χ4n) is 3.78. The van der Waals surface area contributed by atoms with Crippen molar-refractivity contribution in [3.8, 4) is 0 Å². The number of carbonyl (C=O) groups is 2. The molecule has 0 spiro atoms. The van der Waals surface area contributed by atoms with Gasteiger partial charge in [0.25, 0.3) is 11.6 Å². The first-order valence-electron chi connectivity index (χ1n) is 10.1. The quantitative estimate of drug-likeness (QED) is 0.347. The van der Waals surface area contributed by atoms with E-state index >= 15 is 0 Å². The fourth-order valence-corrected chi connectivity index (χ4v) is 3.78. The van der Waals surface area contributed by atoms with Crippen LogP contribution in [0.5, 0.6) is 0 Å². The van der Waals surface area contributed by atoms with Crippen LogP contribution in [0.25, 0.3) is 11.1 Å². The van der Waals surface area contributed by atoms with Crippen LogP contribution >= 0.6 is 0 Å². The second-order valence-corrected chi connectivity index (χ2v) is 7.36. The first-order chi connectivity index (χ1) is 15.0. The summed E-state index contributed by atoms with van der Waals surface area (Å²) in [6, 6.07) is 11.1. The number of oxazole rings is 1. The highest BCUT2D eigenvalue weighted by Gasteiger charge is 2.30. The number of piperidine rings is 1. The first kappa shape index (κ1) is 20.5. The van der Waals surface area contributed by atoms with Crippen LogP contribution in [0.3, 0.4) is 0 Å². The largest absolute Gasteiger partial charge is 0.462 e. The summed E-state index contributed by atoms with van der Waals surface area (Å²) in [6.07, 6.45) is 1.56. The SMILES string of the molecule is CCOC(=O)c1cc(C(=O)N2CCCC(c3nc4ccccc4o3)C2)cc([N+](=O)[O-])c1. The number of carbonyl (C=O) groups excluding carboxylic acids is 2. The minimum atomic E-state index is -0.705. The van der Waals surface area contributed by atoms with E-state index in [1.165, 1.54) is 12.1 Å². The summed E-state index contributed by atoms with van der Waals surface area (Å²) in [6.45, 7) is 2.65. The molecule has 3 aromatic rings. The van der Waals surface area contributed by atoms with Gasteiger partial charge in [-0.1, -0.05) is 12.1 Å². The van der Waals surface area contributed by atoms with Gasteiger partial charge >= 0.3 is 5.97 Å². The monoisotopic (exact) mass is 423 g/mol. The van der Waals surface area contributed by atoms with Gasteiger partial charge in [0.1, 0.15) is 5.52 Å². The van der Waals surface area contributed by atoms with Gasteiger partial charge in [0.2, 0.25) is 0 Å². The standard InChI is InChI=1S/C22H21N3O6/c1-2-30-22(27)16-10-15(11-17(12-16)25(28)29)21(26)24-9-5-6-14(13-24)20-23-18-7-3-4-8-19(18)31-20/h3-4,7-8,10-12,14H,2,5-6,9,13H2,1H3. The van der Waals surface area contributed by atoms with E-state index in [-0.39, 0.29) is 35.2 Å². The summed E-state index contributed by atoms with van der Waals surface area (Å²) in [4.78, 5) is 42.1. The zero-order chi connectivity index (χ0) is 22.0. The number of ether oxygens (including phenoxy) is 1. The highest BCUT2D eigenvalue weighted by Crippen LogP contribution is 2.30. The maximum absolute atomic E-state index is 13.2. The second-order valence-electron chi connectivity index (χ2n) is 7.36. The van der Waals surface area contributed by atoms with Crippen molar-refractivity contribution >= 4 is 28.7 Å². The molecule has 1 aliphatic rings. The maximum Gasteiger partial charge on any atom is 0.338 e. The number of fused-ring (bicyclic) bond motifs is 1. The van der Waals surface area contributed by atoms with Gasteiger partial charge in [-0.15, -0.1) is 0 Å². The predicted molar refractivity (Wildman–Crippen MR) is 111 cm³/mol. The van der Waals surface area contributed by atoms with Crippen LogP contribution in [0.2, 0.25) is 0 Å². The average Bonchev–Trinajstić information content (AvgIpc) is 3.23. The highest BCUT2D eigenvalue weighted by atomic mass is 16.6. The van der Waals surface area contributed by atoms with Crippen LogP contribution in [-0.2, 0) is 4.74 Å². The van der Waals surface area contributed by atoms with Crippen molar-refractivity contribution in [2.45, 2.75) is 25.7 Å². The Morgan fingerprint density at radius 2 is 2.03 bits per heavy atom. The Labute approximate surface area is 177 Å². The van der Waals surface area contributed by atoms with Gasteiger partial charge in [-0.3, -0.25) is 14.9 Å². The van der Waals surface area contributed by atoms with Crippen molar-refractivity contribution in [3.05, 3.63) is 69.6 Å². The van der Waals surface area contributed by atoms with Crippen molar-refractivity contribution < 1.29 is 23.7 Å². The summed E-state index contributed by atoms with van der Waals surface area (Å²) in [5.74, 6) is -0.586. The van der Waals surface area contributed by atoms with Crippen LogP contribution in [0, 0.1) is 10.1 Å². The van der Waals surface area contributed by atoms with E-state index in [1.807, 2.05) is 24.3 Å². The summed E-state index contributed by atoms with van der Waals surface area (Å²) >= 11 is 0. The van der Waals surface area contributed by atoms with Gasteiger partial charge in [-0.25, -0.2) is 9.78 Å². The van der Waals surface area contributed by atoms with Crippen molar-refractivity contribution in [3.63, 3.8) is 0 Å². The maximum atomic E-state index is 13.2. The summed E-state index contributed by atoms with van der Waals surface area (Å²) in [5.41, 5.74) is 1.18. The van der Waals surface area contributed by atoms with Gasteiger partial charge in [-0.2, -0.15) is 0 Å². The molecule has 0 N–H and O–H groups in total. The molecule has 2 aromatic carbocycles. The average molecular weight is 423 g/mol. The molecule has 1 atom stereocenters. The second kappa shape index (κ2) is 8.55. The van der Waals surface area contributed by atoms with Crippen molar-refractivity contribution in [2.24, 2.45) is 0 Å². The molecule has 0 saturated carbocycles. The number of rotatable bonds is 5. The van der Waals surface area contributed by atoms with Gasteiger partial charge in [0.15, 0.2) is 11.5 Å². The predicted octanol–water partition coefficient (Wildman–Crippen LogP) is 3.93. The molecule has 1 aliphatic heterocycles.